The predicted octanol–water partition coefficient (Wildman–Crippen LogP) is 2.80. The number of carbonyl (C=O) groups is 2. The van der Waals surface area contributed by atoms with Crippen molar-refractivity contribution in [1.29, 1.82) is 0 Å². The standard InChI is InChI=1S/C20H20F3N5O3/c1-19(2,31)7-6-11-8-12-9-15(13(17(24)29)10-28(12)27-11)26-18(30)14-4-3-5-16(25-14)20(21,22)23/h3-5,8-10,31H,6-7H2,1-2H3,(H2,24,29)(H,26,30). The molecule has 4 N–H and O–H groups in total. The average molecular weight is 435 g/mol. The van der Waals surface area contributed by atoms with Gasteiger partial charge in [0.15, 0.2) is 0 Å². The molecule has 0 aliphatic heterocycles. The van der Waals surface area contributed by atoms with Crippen LogP contribution < -0.4 is 11.1 Å². The number of carbonyl (C=O) groups excluding carboxylic acids is 2. The third-order valence-electron chi connectivity index (χ3n) is 4.43. The van der Waals surface area contributed by atoms with E-state index < -0.39 is 35.0 Å². The first-order chi connectivity index (χ1) is 14.3. The number of hydrogen-bond acceptors (Lipinski definition) is 5. The quantitative estimate of drug-likeness (QED) is 0.550. The minimum absolute atomic E-state index is 0.0122. The molecule has 0 atom stereocenters. The minimum atomic E-state index is -4.70. The van der Waals surface area contributed by atoms with Gasteiger partial charge in [-0.25, -0.2) is 9.50 Å². The zero-order valence-electron chi connectivity index (χ0n) is 16.7. The van der Waals surface area contributed by atoms with Crippen molar-refractivity contribution in [3.63, 3.8) is 0 Å². The van der Waals surface area contributed by atoms with E-state index in [9.17, 15) is 27.9 Å². The van der Waals surface area contributed by atoms with E-state index in [0.717, 1.165) is 18.2 Å². The number of nitrogens with one attached hydrogen (secondary N) is 1. The van der Waals surface area contributed by atoms with E-state index in [1.807, 2.05) is 0 Å². The van der Waals surface area contributed by atoms with Crippen LogP contribution in [0.15, 0.2) is 36.5 Å². The summed E-state index contributed by atoms with van der Waals surface area (Å²) in [5.74, 6) is -1.79. The van der Waals surface area contributed by atoms with Crippen LogP contribution in [0, 0.1) is 0 Å². The normalized spacial score (nSPS) is 12.2. The molecule has 3 heterocycles. The Balaban J connectivity index is 1.92. The van der Waals surface area contributed by atoms with Crippen LogP contribution in [0.4, 0.5) is 18.9 Å². The molecule has 0 radical (unpaired) electrons. The van der Waals surface area contributed by atoms with Crippen molar-refractivity contribution in [2.75, 3.05) is 5.32 Å². The smallest absolute Gasteiger partial charge is 0.390 e. The molecule has 8 nitrogen and oxygen atoms in total. The predicted molar refractivity (Wildman–Crippen MR) is 106 cm³/mol. The summed E-state index contributed by atoms with van der Waals surface area (Å²) in [6, 6.07) is 6.08. The molecule has 0 fully saturated rings. The number of alkyl halides is 3. The molecule has 11 heteroatoms. The van der Waals surface area contributed by atoms with Crippen LogP contribution in [0.25, 0.3) is 5.52 Å². The van der Waals surface area contributed by atoms with Crippen LogP contribution in [-0.4, -0.2) is 37.1 Å². The number of hydrogen-bond donors (Lipinski definition) is 3. The molecule has 0 spiro atoms. The van der Waals surface area contributed by atoms with Crippen molar-refractivity contribution in [3.05, 3.63) is 59.2 Å². The maximum Gasteiger partial charge on any atom is 0.433 e. The van der Waals surface area contributed by atoms with E-state index in [1.54, 1.807) is 19.9 Å². The summed E-state index contributed by atoms with van der Waals surface area (Å²) in [4.78, 5) is 27.7. The van der Waals surface area contributed by atoms with Gasteiger partial charge in [0.05, 0.1) is 28.1 Å². The van der Waals surface area contributed by atoms with Crippen LogP contribution in [0.5, 0.6) is 0 Å². The van der Waals surface area contributed by atoms with E-state index in [2.05, 4.69) is 15.4 Å². The Hall–Kier alpha value is -3.47. The Morgan fingerprint density at radius 3 is 2.55 bits per heavy atom. The number of primary amides is 1. The molecule has 2 amide bonds. The summed E-state index contributed by atoms with van der Waals surface area (Å²) in [7, 11) is 0. The molecule has 0 saturated carbocycles. The third kappa shape index (κ3) is 5.37. The molecular formula is C20H20F3N5O3. The Morgan fingerprint density at radius 2 is 1.94 bits per heavy atom. The van der Waals surface area contributed by atoms with E-state index in [-0.39, 0.29) is 11.3 Å². The van der Waals surface area contributed by atoms with Crippen LogP contribution in [0.3, 0.4) is 0 Å². The lowest BCUT2D eigenvalue weighted by Gasteiger charge is -2.15. The number of nitrogens with zero attached hydrogens (tertiary/aromatic N) is 3. The number of fused-ring (bicyclic) bond motifs is 1. The molecule has 0 bridgehead atoms. The number of aromatic nitrogens is 3. The molecule has 0 saturated heterocycles. The number of rotatable bonds is 6. The summed E-state index contributed by atoms with van der Waals surface area (Å²) in [5, 5.41) is 16.6. The Kier molecular flexibility index (Phi) is 5.72. The van der Waals surface area contributed by atoms with Gasteiger partial charge in [-0.05, 0) is 51.0 Å². The zero-order chi connectivity index (χ0) is 23.0. The fraction of sp³-hybridized carbons (Fsp3) is 0.300. The minimum Gasteiger partial charge on any atom is -0.390 e. The molecule has 31 heavy (non-hydrogen) atoms. The summed E-state index contributed by atoms with van der Waals surface area (Å²) < 4.78 is 40.0. The van der Waals surface area contributed by atoms with Crippen molar-refractivity contribution >= 4 is 23.0 Å². The average Bonchev–Trinajstić information content (AvgIpc) is 3.06. The first-order valence-corrected chi connectivity index (χ1v) is 9.23. The van der Waals surface area contributed by atoms with Gasteiger partial charge < -0.3 is 16.2 Å². The molecule has 3 aromatic heterocycles. The molecule has 0 aliphatic rings. The third-order valence-corrected chi connectivity index (χ3v) is 4.43. The fourth-order valence-electron chi connectivity index (χ4n) is 2.85. The highest BCUT2D eigenvalue weighted by Crippen LogP contribution is 2.28. The van der Waals surface area contributed by atoms with E-state index in [1.165, 1.54) is 16.8 Å². The van der Waals surface area contributed by atoms with Gasteiger partial charge in [-0.1, -0.05) is 6.07 Å². The van der Waals surface area contributed by atoms with Gasteiger partial charge in [0.2, 0.25) is 0 Å². The van der Waals surface area contributed by atoms with E-state index in [0.29, 0.717) is 24.1 Å². The maximum absolute atomic E-state index is 12.9. The molecule has 0 aromatic carbocycles. The Morgan fingerprint density at radius 1 is 1.23 bits per heavy atom. The second-order valence-electron chi connectivity index (χ2n) is 7.64. The number of pyridine rings is 2. The Bertz CT molecular complexity index is 1150. The summed E-state index contributed by atoms with van der Waals surface area (Å²) in [6.07, 6.45) is -2.47. The van der Waals surface area contributed by atoms with Crippen molar-refractivity contribution in [2.24, 2.45) is 5.73 Å². The SMILES string of the molecule is CC(C)(O)CCc1cc2cc(NC(=O)c3cccc(C(F)(F)F)n3)c(C(N)=O)cn2n1. The summed E-state index contributed by atoms with van der Waals surface area (Å²) >= 11 is 0. The lowest BCUT2D eigenvalue weighted by molar-refractivity contribution is -0.141. The molecular weight excluding hydrogens is 415 g/mol. The second-order valence-corrected chi connectivity index (χ2v) is 7.64. The lowest BCUT2D eigenvalue weighted by Crippen LogP contribution is -2.21. The van der Waals surface area contributed by atoms with Crippen molar-refractivity contribution < 1.29 is 27.9 Å². The van der Waals surface area contributed by atoms with Crippen molar-refractivity contribution in [3.8, 4) is 0 Å². The lowest BCUT2D eigenvalue weighted by atomic mass is 10.0. The van der Waals surface area contributed by atoms with Gasteiger partial charge >= 0.3 is 6.18 Å². The monoisotopic (exact) mass is 435 g/mol. The first kappa shape index (κ1) is 22.2. The fourth-order valence-corrected chi connectivity index (χ4v) is 2.85. The van der Waals surface area contributed by atoms with Crippen LogP contribution in [0.2, 0.25) is 0 Å². The van der Waals surface area contributed by atoms with Crippen LogP contribution in [0.1, 0.15) is 52.5 Å². The molecule has 0 unspecified atom stereocenters. The van der Waals surface area contributed by atoms with Crippen molar-refractivity contribution in [1.82, 2.24) is 14.6 Å². The van der Waals surface area contributed by atoms with Crippen LogP contribution >= 0.6 is 0 Å². The number of anilines is 1. The van der Waals surface area contributed by atoms with Crippen molar-refractivity contribution in [2.45, 2.75) is 38.5 Å². The summed E-state index contributed by atoms with van der Waals surface area (Å²) in [6.45, 7) is 3.34. The highest BCUT2D eigenvalue weighted by molar-refractivity contribution is 6.08. The van der Waals surface area contributed by atoms with Gasteiger partial charge in [0.25, 0.3) is 11.8 Å². The zero-order valence-corrected chi connectivity index (χ0v) is 16.7. The van der Waals surface area contributed by atoms with Gasteiger partial charge in [0, 0.05) is 6.20 Å². The number of amides is 2. The van der Waals surface area contributed by atoms with E-state index >= 15 is 0 Å². The van der Waals surface area contributed by atoms with Crippen LogP contribution in [-0.2, 0) is 12.6 Å². The van der Waals surface area contributed by atoms with Gasteiger partial charge in [0.1, 0.15) is 11.4 Å². The topological polar surface area (TPSA) is 123 Å². The van der Waals surface area contributed by atoms with Gasteiger partial charge in [-0.2, -0.15) is 18.3 Å². The number of halogens is 3. The largest absolute Gasteiger partial charge is 0.433 e. The first-order valence-electron chi connectivity index (χ1n) is 9.23. The highest BCUT2D eigenvalue weighted by Gasteiger charge is 2.33. The number of aliphatic hydroxyl groups is 1. The second kappa shape index (κ2) is 7.99. The maximum atomic E-state index is 12.9. The molecule has 3 rings (SSSR count). The number of aryl methyl sites for hydroxylation is 1. The molecule has 0 aliphatic carbocycles. The van der Waals surface area contributed by atoms with Gasteiger partial charge in [-0.15, -0.1) is 0 Å². The highest BCUT2D eigenvalue weighted by atomic mass is 19.4. The van der Waals surface area contributed by atoms with Gasteiger partial charge in [-0.3, -0.25) is 9.59 Å². The summed E-state index contributed by atoms with van der Waals surface area (Å²) in [5.41, 5.74) is 3.92. The molecule has 164 valence electrons. The van der Waals surface area contributed by atoms with E-state index in [4.69, 9.17) is 5.73 Å². The molecule has 3 aromatic rings. The Labute approximate surface area is 174 Å². The number of nitrogens with two attached hydrogens (primary N) is 1.